The molecule has 6 heteroatoms. The second kappa shape index (κ2) is 6.45. The topological polar surface area (TPSA) is 60.2 Å². The van der Waals surface area contributed by atoms with E-state index in [0.717, 1.165) is 18.5 Å². The van der Waals surface area contributed by atoms with E-state index in [9.17, 15) is 0 Å². The number of aryl methyl sites for hydroxylation is 1. The van der Waals surface area contributed by atoms with Gasteiger partial charge in [-0.1, -0.05) is 30.7 Å². The molecule has 0 amide bonds. The summed E-state index contributed by atoms with van der Waals surface area (Å²) in [7, 11) is 0. The van der Waals surface area contributed by atoms with Crippen LogP contribution in [0, 0.1) is 0 Å². The Bertz CT molecular complexity index is 611. The van der Waals surface area contributed by atoms with Gasteiger partial charge >= 0.3 is 0 Å². The number of ether oxygens (including phenoxy) is 1. The molecule has 3 rings (SSSR count). The number of halogens is 1. The zero-order valence-corrected chi connectivity index (χ0v) is 12.7. The minimum atomic E-state index is 0.229. The molecule has 1 saturated carbocycles. The predicted octanol–water partition coefficient (Wildman–Crippen LogP) is 3.12. The van der Waals surface area contributed by atoms with E-state index in [1.165, 1.54) is 12.8 Å². The Morgan fingerprint density at radius 2 is 2.14 bits per heavy atom. The largest absolute Gasteiger partial charge is 0.482 e. The van der Waals surface area contributed by atoms with E-state index < -0.39 is 0 Å². The lowest BCUT2D eigenvalue weighted by molar-refractivity contribution is 0.256. The fraction of sp³-hybridized carbons (Fsp3) is 0.467. The Balaban J connectivity index is 1.67. The average Bonchev–Trinajstić information content (AvgIpc) is 3.21. The second-order valence-electron chi connectivity index (χ2n) is 5.12. The monoisotopic (exact) mass is 307 g/mol. The maximum atomic E-state index is 6.24. The van der Waals surface area contributed by atoms with Crippen molar-refractivity contribution < 1.29 is 9.15 Å². The zero-order chi connectivity index (χ0) is 14.7. The highest BCUT2D eigenvalue weighted by atomic mass is 35.5. The minimum absolute atomic E-state index is 0.229. The fourth-order valence-corrected chi connectivity index (χ4v) is 2.27. The number of rotatable bonds is 7. The van der Waals surface area contributed by atoms with Crippen LogP contribution in [0.3, 0.4) is 0 Å². The van der Waals surface area contributed by atoms with Gasteiger partial charge in [-0.05, 0) is 18.9 Å². The summed E-state index contributed by atoms with van der Waals surface area (Å²) in [6.45, 7) is 2.95. The van der Waals surface area contributed by atoms with E-state index in [0.29, 0.717) is 28.6 Å². The summed E-state index contributed by atoms with van der Waals surface area (Å²) >= 11 is 6.24. The molecule has 1 aromatic carbocycles. The quantitative estimate of drug-likeness (QED) is 0.851. The van der Waals surface area contributed by atoms with Crippen molar-refractivity contribution in [3.8, 4) is 5.75 Å². The van der Waals surface area contributed by atoms with Crippen molar-refractivity contribution in [3.05, 3.63) is 40.6 Å². The van der Waals surface area contributed by atoms with Gasteiger partial charge in [-0.25, -0.2) is 0 Å². The summed E-state index contributed by atoms with van der Waals surface area (Å²) in [4.78, 5) is 0. The molecular weight excluding hydrogens is 290 g/mol. The van der Waals surface area contributed by atoms with E-state index in [-0.39, 0.29) is 6.61 Å². The van der Waals surface area contributed by atoms with Crippen molar-refractivity contribution in [1.29, 1.82) is 0 Å². The van der Waals surface area contributed by atoms with Gasteiger partial charge in [0.1, 0.15) is 5.75 Å². The second-order valence-corrected chi connectivity index (χ2v) is 5.52. The van der Waals surface area contributed by atoms with E-state index in [2.05, 4.69) is 15.5 Å². The van der Waals surface area contributed by atoms with Crippen LogP contribution in [0.1, 0.15) is 37.1 Å². The van der Waals surface area contributed by atoms with Gasteiger partial charge in [-0.15, -0.1) is 10.2 Å². The van der Waals surface area contributed by atoms with Gasteiger partial charge < -0.3 is 14.5 Å². The standard InChI is InChI=1S/C15H18ClN3O2/c1-2-13-18-19-14(21-13)9-20-15-10(4-3-5-12(15)16)8-17-11-6-7-11/h3-5,11,17H,2,6-9H2,1H3. The van der Waals surface area contributed by atoms with Crippen LogP contribution in [0.15, 0.2) is 22.6 Å². The highest BCUT2D eigenvalue weighted by Crippen LogP contribution is 2.30. The summed E-state index contributed by atoms with van der Waals surface area (Å²) in [5.74, 6) is 1.76. The van der Waals surface area contributed by atoms with Gasteiger partial charge in [0, 0.05) is 24.6 Å². The Morgan fingerprint density at radius 1 is 1.33 bits per heavy atom. The summed E-state index contributed by atoms with van der Waals surface area (Å²) in [5, 5.41) is 11.9. The van der Waals surface area contributed by atoms with Crippen molar-refractivity contribution in [3.63, 3.8) is 0 Å². The van der Waals surface area contributed by atoms with Crippen molar-refractivity contribution in [2.75, 3.05) is 0 Å². The molecule has 0 spiro atoms. The lowest BCUT2D eigenvalue weighted by atomic mass is 10.2. The number of hydrogen-bond donors (Lipinski definition) is 1. The van der Waals surface area contributed by atoms with Crippen LogP contribution < -0.4 is 10.1 Å². The lowest BCUT2D eigenvalue weighted by Crippen LogP contribution is -2.16. The third-order valence-electron chi connectivity index (χ3n) is 3.36. The number of hydrogen-bond acceptors (Lipinski definition) is 5. The number of nitrogens with one attached hydrogen (secondary N) is 1. The SMILES string of the molecule is CCc1nnc(COc2c(Cl)cccc2CNC2CC2)o1. The number of para-hydroxylation sites is 1. The van der Waals surface area contributed by atoms with Gasteiger partial charge in [0.2, 0.25) is 5.89 Å². The van der Waals surface area contributed by atoms with Crippen LogP contribution in [-0.2, 0) is 19.6 Å². The average molecular weight is 308 g/mol. The third-order valence-corrected chi connectivity index (χ3v) is 3.66. The highest BCUT2D eigenvalue weighted by Gasteiger charge is 2.21. The van der Waals surface area contributed by atoms with Crippen LogP contribution in [0.4, 0.5) is 0 Å². The van der Waals surface area contributed by atoms with Crippen LogP contribution in [-0.4, -0.2) is 16.2 Å². The minimum Gasteiger partial charge on any atom is -0.482 e. The van der Waals surface area contributed by atoms with Crippen LogP contribution in [0.2, 0.25) is 5.02 Å². The molecule has 0 unspecified atom stereocenters. The van der Waals surface area contributed by atoms with E-state index in [4.69, 9.17) is 20.8 Å². The van der Waals surface area contributed by atoms with Crippen molar-refractivity contribution in [2.45, 2.75) is 45.4 Å². The molecule has 1 aliphatic rings. The van der Waals surface area contributed by atoms with E-state index in [1.807, 2.05) is 25.1 Å². The maximum absolute atomic E-state index is 6.24. The molecule has 0 bridgehead atoms. The summed E-state index contributed by atoms with van der Waals surface area (Å²) in [5.41, 5.74) is 1.05. The van der Waals surface area contributed by atoms with E-state index in [1.54, 1.807) is 0 Å². The molecule has 0 saturated heterocycles. The summed E-state index contributed by atoms with van der Waals surface area (Å²) in [6, 6.07) is 6.41. The molecule has 0 radical (unpaired) electrons. The lowest BCUT2D eigenvalue weighted by Gasteiger charge is -2.12. The van der Waals surface area contributed by atoms with Gasteiger partial charge in [0.25, 0.3) is 5.89 Å². The molecule has 21 heavy (non-hydrogen) atoms. The van der Waals surface area contributed by atoms with Crippen LogP contribution in [0.25, 0.3) is 0 Å². The molecule has 1 aliphatic carbocycles. The van der Waals surface area contributed by atoms with Crippen molar-refractivity contribution in [2.24, 2.45) is 0 Å². The molecule has 5 nitrogen and oxygen atoms in total. The Labute approximate surface area is 128 Å². The van der Waals surface area contributed by atoms with E-state index >= 15 is 0 Å². The molecule has 1 N–H and O–H groups in total. The molecule has 112 valence electrons. The Kier molecular flexibility index (Phi) is 4.41. The first-order valence-electron chi connectivity index (χ1n) is 7.21. The first-order valence-corrected chi connectivity index (χ1v) is 7.59. The highest BCUT2D eigenvalue weighted by molar-refractivity contribution is 6.32. The fourth-order valence-electron chi connectivity index (χ4n) is 2.02. The molecular formula is C15H18ClN3O2. The Morgan fingerprint density at radius 3 is 2.86 bits per heavy atom. The first kappa shape index (κ1) is 14.4. The first-order chi connectivity index (χ1) is 10.3. The third kappa shape index (κ3) is 3.74. The molecule has 1 aromatic heterocycles. The molecule has 1 fully saturated rings. The van der Waals surface area contributed by atoms with Crippen molar-refractivity contribution in [1.82, 2.24) is 15.5 Å². The van der Waals surface area contributed by atoms with Crippen LogP contribution in [0.5, 0.6) is 5.75 Å². The molecule has 0 atom stereocenters. The smallest absolute Gasteiger partial charge is 0.253 e. The van der Waals surface area contributed by atoms with Gasteiger partial charge in [0.05, 0.1) is 5.02 Å². The van der Waals surface area contributed by atoms with Gasteiger partial charge in [-0.3, -0.25) is 0 Å². The number of benzene rings is 1. The summed E-state index contributed by atoms with van der Waals surface area (Å²) < 4.78 is 11.2. The maximum Gasteiger partial charge on any atom is 0.253 e. The summed E-state index contributed by atoms with van der Waals surface area (Å²) in [6.07, 6.45) is 3.22. The number of aromatic nitrogens is 2. The normalized spacial score (nSPS) is 14.4. The van der Waals surface area contributed by atoms with Crippen molar-refractivity contribution >= 4 is 11.6 Å². The Hall–Kier alpha value is -1.59. The number of nitrogens with zero attached hydrogens (tertiary/aromatic N) is 2. The predicted molar refractivity (Wildman–Crippen MR) is 79.3 cm³/mol. The molecule has 0 aliphatic heterocycles. The molecule has 1 heterocycles. The van der Waals surface area contributed by atoms with Gasteiger partial charge in [-0.2, -0.15) is 0 Å². The zero-order valence-electron chi connectivity index (χ0n) is 11.9. The van der Waals surface area contributed by atoms with Crippen LogP contribution >= 0.6 is 11.6 Å². The molecule has 2 aromatic rings. The van der Waals surface area contributed by atoms with Gasteiger partial charge in [0.15, 0.2) is 6.61 Å².